The number of nitrogens with one attached hydrogen (secondary N) is 2. The van der Waals surface area contributed by atoms with Gasteiger partial charge in [-0.15, -0.1) is 0 Å². The molecule has 2 nitrogen and oxygen atoms in total. The third-order valence-electron chi connectivity index (χ3n) is 3.23. The van der Waals surface area contributed by atoms with Crippen LogP contribution in [-0.4, -0.2) is 17.7 Å². The van der Waals surface area contributed by atoms with Crippen LogP contribution in [0.5, 0.6) is 0 Å². The van der Waals surface area contributed by atoms with E-state index < -0.39 is 0 Å². The normalized spacial score (nSPS) is 15.8. The van der Waals surface area contributed by atoms with Crippen LogP contribution in [0.4, 0.5) is 0 Å². The Morgan fingerprint density at radius 1 is 1.18 bits per heavy atom. The monoisotopic (exact) mass is 248 g/mol. The second-order valence-corrected chi connectivity index (χ2v) is 5.03. The van der Waals surface area contributed by atoms with Crippen molar-refractivity contribution in [2.45, 2.75) is 38.1 Å². The van der Waals surface area contributed by atoms with Crippen molar-refractivity contribution in [3.63, 3.8) is 0 Å². The van der Waals surface area contributed by atoms with Crippen molar-refractivity contribution in [2.24, 2.45) is 0 Å². The molecule has 0 unspecified atom stereocenters. The first-order valence-electron chi connectivity index (χ1n) is 6.43. The summed E-state index contributed by atoms with van der Waals surface area (Å²) in [6, 6.07) is 11.1. The van der Waals surface area contributed by atoms with Gasteiger partial charge in [0.25, 0.3) is 0 Å². The van der Waals surface area contributed by atoms with Gasteiger partial charge in [0.1, 0.15) is 0 Å². The fraction of sp³-hybridized carbons (Fsp3) is 0.500. The fourth-order valence-electron chi connectivity index (χ4n) is 2.27. The summed E-state index contributed by atoms with van der Waals surface area (Å²) in [5.74, 6) is 0. The third-order valence-corrected chi connectivity index (χ3v) is 3.49. The van der Waals surface area contributed by atoms with Crippen molar-refractivity contribution in [3.8, 4) is 0 Å². The van der Waals surface area contributed by atoms with Gasteiger partial charge < -0.3 is 10.6 Å². The molecule has 0 aliphatic heterocycles. The van der Waals surface area contributed by atoms with E-state index in [1.165, 1.54) is 31.2 Å². The molecule has 1 aromatic rings. The zero-order chi connectivity index (χ0) is 11.9. The zero-order valence-corrected chi connectivity index (χ0v) is 10.9. The Hall–Kier alpha value is -1.09. The maximum Gasteiger partial charge on any atom is 0.166 e. The second kappa shape index (κ2) is 6.60. The van der Waals surface area contributed by atoms with Crippen LogP contribution >= 0.6 is 12.2 Å². The molecule has 2 rings (SSSR count). The average Bonchev–Trinajstić information content (AvgIpc) is 2.83. The van der Waals surface area contributed by atoms with Gasteiger partial charge in [-0.25, -0.2) is 0 Å². The number of hydrogen-bond donors (Lipinski definition) is 2. The van der Waals surface area contributed by atoms with E-state index in [2.05, 4.69) is 34.9 Å². The van der Waals surface area contributed by atoms with Gasteiger partial charge >= 0.3 is 0 Å². The molecule has 1 aliphatic rings. The molecule has 0 atom stereocenters. The van der Waals surface area contributed by atoms with Crippen LogP contribution in [0.2, 0.25) is 0 Å². The lowest BCUT2D eigenvalue weighted by Crippen LogP contribution is -2.41. The number of hydrogen-bond acceptors (Lipinski definition) is 1. The van der Waals surface area contributed by atoms with E-state index in [0.717, 1.165) is 18.1 Å². The van der Waals surface area contributed by atoms with Crippen molar-refractivity contribution in [1.29, 1.82) is 0 Å². The first-order chi connectivity index (χ1) is 8.34. The Labute approximate surface area is 109 Å². The molecule has 0 heterocycles. The Bertz CT molecular complexity index is 344. The van der Waals surface area contributed by atoms with E-state index in [0.29, 0.717) is 6.04 Å². The van der Waals surface area contributed by atoms with Gasteiger partial charge in [0.15, 0.2) is 5.11 Å². The summed E-state index contributed by atoms with van der Waals surface area (Å²) < 4.78 is 0. The van der Waals surface area contributed by atoms with E-state index in [4.69, 9.17) is 12.2 Å². The summed E-state index contributed by atoms with van der Waals surface area (Å²) >= 11 is 5.28. The lowest BCUT2D eigenvalue weighted by Gasteiger charge is -2.15. The predicted octanol–water partition coefficient (Wildman–Crippen LogP) is 2.64. The molecule has 92 valence electrons. The molecule has 0 aromatic heterocycles. The molecule has 0 saturated heterocycles. The summed E-state index contributed by atoms with van der Waals surface area (Å²) in [6.45, 7) is 0.905. The molecular formula is C14H20N2S. The van der Waals surface area contributed by atoms with Gasteiger partial charge in [-0.3, -0.25) is 0 Å². The summed E-state index contributed by atoms with van der Waals surface area (Å²) in [5.41, 5.74) is 1.35. The highest BCUT2D eigenvalue weighted by Gasteiger charge is 2.14. The molecule has 0 spiro atoms. The highest BCUT2D eigenvalue weighted by molar-refractivity contribution is 7.80. The van der Waals surface area contributed by atoms with E-state index in [1.54, 1.807) is 0 Å². The van der Waals surface area contributed by atoms with Gasteiger partial charge in [0, 0.05) is 12.6 Å². The molecule has 0 amide bonds. The smallest absolute Gasteiger partial charge is 0.166 e. The lowest BCUT2D eigenvalue weighted by molar-refractivity contribution is 0.621. The number of benzene rings is 1. The first kappa shape index (κ1) is 12.4. The van der Waals surface area contributed by atoms with Crippen LogP contribution < -0.4 is 10.6 Å². The minimum absolute atomic E-state index is 0.603. The molecule has 17 heavy (non-hydrogen) atoms. The average molecular weight is 248 g/mol. The number of rotatable bonds is 4. The van der Waals surface area contributed by atoms with Gasteiger partial charge in [0.2, 0.25) is 0 Å². The standard InChI is InChI=1S/C14H20N2S/c17-14(16-13-8-4-5-9-13)15-11-10-12-6-2-1-3-7-12/h1-3,6-7,13H,4-5,8-11H2,(H2,15,16,17). The molecule has 2 N–H and O–H groups in total. The third kappa shape index (κ3) is 4.35. The summed E-state index contributed by atoms with van der Waals surface area (Å²) in [4.78, 5) is 0. The first-order valence-corrected chi connectivity index (χ1v) is 6.84. The summed E-state index contributed by atoms with van der Waals surface area (Å²) in [5, 5.41) is 7.48. The van der Waals surface area contributed by atoms with Crippen LogP contribution in [0.3, 0.4) is 0 Å². The minimum Gasteiger partial charge on any atom is -0.362 e. The van der Waals surface area contributed by atoms with Gasteiger partial charge in [0.05, 0.1) is 0 Å². The van der Waals surface area contributed by atoms with Crippen LogP contribution in [0.15, 0.2) is 30.3 Å². The lowest BCUT2D eigenvalue weighted by atomic mass is 10.1. The van der Waals surface area contributed by atoms with Gasteiger partial charge in [-0.1, -0.05) is 43.2 Å². The van der Waals surface area contributed by atoms with E-state index in [9.17, 15) is 0 Å². The van der Waals surface area contributed by atoms with Crippen LogP contribution in [0.1, 0.15) is 31.2 Å². The Morgan fingerprint density at radius 3 is 2.59 bits per heavy atom. The van der Waals surface area contributed by atoms with Crippen LogP contribution in [-0.2, 0) is 6.42 Å². The van der Waals surface area contributed by atoms with Gasteiger partial charge in [-0.05, 0) is 37.0 Å². The van der Waals surface area contributed by atoms with Crippen molar-refractivity contribution in [1.82, 2.24) is 10.6 Å². The van der Waals surface area contributed by atoms with Crippen molar-refractivity contribution in [2.75, 3.05) is 6.54 Å². The maximum atomic E-state index is 5.28. The highest BCUT2D eigenvalue weighted by Crippen LogP contribution is 2.17. The van der Waals surface area contributed by atoms with Crippen LogP contribution in [0.25, 0.3) is 0 Å². The largest absolute Gasteiger partial charge is 0.362 e. The highest BCUT2D eigenvalue weighted by atomic mass is 32.1. The molecule has 1 aromatic carbocycles. The molecule has 3 heteroatoms. The minimum atomic E-state index is 0.603. The maximum absolute atomic E-state index is 5.28. The number of thiocarbonyl (C=S) groups is 1. The van der Waals surface area contributed by atoms with Crippen LogP contribution in [0, 0.1) is 0 Å². The summed E-state index contributed by atoms with van der Waals surface area (Å²) in [7, 11) is 0. The van der Waals surface area contributed by atoms with Crippen molar-refractivity contribution >= 4 is 17.3 Å². The summed E-state index contributed by atoms with van der Waals surface area (Å²) in [6.07, 6.45) is 6.23. The SMILES string of the molecule is S=C(NCCc1ccccc1)NC1CCCC1. The Kier molecular flexibility index (Phi) is 4.80. The predicted molar refractivity (Wildman–Crippen MR) is 76.1 cm³/mol. The second-order valence-electron chi connectivity index (χ2n) is 4.62. The zero-order valence-electron chi connectivity index (χ0n) is 10.1. The van der Waals surface area contributed by atoms with E-state index >= 15 is 0 Å². The van der Waals surface area contributed by atoms with Crippen molar-refractivity contribution < 1.29 is 0 Å². The molecule has 0 bridgehead atoms. The topological polar surface area (TPSA) is 24.1 Å². The molecule has 1 saturated carbocycles. The molecule has 1 fully saturated rings. The fourth-order valence-corrected chi connectivity index (χ4v) is 2.54. The molecule has 0 radical (unpaired) electrons. The van der Waals surface area contributed by atoms with E-state index in [1.807, 2.05) is 6.07 Å². The quantitative estimate of drug-likeness (QED) is 0.801. The van der Waals surface area contributed by atoms with E-state index in [-0.39, 0.29) is 0 Å². The Balaban J connectivity index is 1.63. The molecular weight excluding hydrogens is 228 g/mol. The van der Waals surface area contributed by atoms with Crippen molar-refractivity contribution in [3.05, 3.63) is 35.9 Å². The Morgan fingerprint density at radius 2 is 1.88 bits per heavy atom. The van der Waals surface area contributed by atoms with Gasteiger partial charge in [-0.2, -0.15) is 0 Å². The molecule has 1 aliphatic carbocycles.